The number of aliphatic hydroxyl groups is 1. The molecule has 0 atom stereocenters. The van der Waals surface area contributed by atoms with Gasteiger partial charge >= 0.3 is 5.97 Å². The van der Waals surface area contributed by atoms with E-state index in [9.17, 15) is 4.79 Å². The van der Waals surface area contributed by atoms with Gasteiger partial charge in [-0.1, -0.05) is 18.2 Å². The minimum Gasteiger partial charge on any atom is -0.477 e. The maximum atomic E-state index is 10.4. The Labute approximate surface area is 75.2 Å². The fourth-order valence-corrected chi connectivity index (χ4v) is 0.819. The van der Waals surface area contributed by atoms with E-state index in [1.165, 1.54) is 12.3 Å². The van der Waals surface area contributed by atoms with Crippen molar-refractivity contribution in [1.82, 2.24) is 4.98 Å². The number of carboxylic acid groups (broad SMARTS) is 1. The minimum absolute atomic E-state index is 0.0150. The van der Waals surface area contributed by atoms with Crippen molar-refractivity contribution in [2.45, 2.75) is 0 Å². The first-order valence-electron chi connectivity index (χ1n) is 3.71. The van der Waals surface area contributed by atoms with Crippen LogP contribution in [-0.4, -0.2) is 27.8 Å². The van der Waals surface area contributed by atoms with Crippen molar-refractivity contribution in [2.24, 2.45) is 0 Å². The number of pyridine rings is 1. The lowest BCUT2D eigenvalue weighted by molar-refractivity contribution is 0.0690. The molecule has 2 N–H and O–H groups in total. The molecule has 0 bridgehead atoms. The summed E-state index contributed by atoms with van der Waals surface area (Å²) in [5.74, 6) is -1.04. The molecular formula is C9H9NO3. The van der Waals surface area contributed by atoms with Gasteiger partial charge in [0, 0.05) is 6.20 Å². The van der Waals surface area contributed by atoms with E-state index in [0.29, 0.717) is 0 Å². The quantitative estimate of drug-likeness (QED) is 0.719. The van der Waals surface area contributed by atoms with Gasteiger partial charge in [-0.25, -0.2) is 9.78 Å². The van der Waals surface area contributed by atoms with E-state index in [1.54, 1.807) is 18.2 Å². The van der Waals surface area contributed by atoms with Crippen LogP contribution in [0.3, 0.4) is 0 Å². The maximum absolute atomic E-state index is 10.4. The summed E-state index contributed by atoms with van der Waals surface area (Å²) >= 11 is 0. The minimum atomic E-state index is -1.04. The summed E-state index contributed by atoms with van der Waals surface area (Å²) in [5, 5.41) is 17.0. The summed E-state index contributed by atoms with van der Waals surface area (Å²) in [6.07, 6.45) is 4.66. The maximum Gasteiger partial charge on any atom is 0.354 e. The summed E-state index contributed by atoms with van der Waals surface area (Å²) in [4.78, 5) is 14.1. The molecule has 0 saturated heterocycles. The van der Waals surface area contributed by atoms with E-state index in [0.717, 1.165) is 5.56 Å². The summed E-state index contributed by atoms with van der Waals surface area (Å²) in [6.45, 7) is -0.0410. The molecule has 1 aromatic heterocycles. The Kier molecular flexibility index (Phi) is 3.16. The molecule has 0 amide bonds. The third kappa shape index (κ3) is 2.68. The van der Waals surface area contributed by atoms with Gasteiger partial charge in [0.2, 0.25) is 0 Å². The zero-order valence-corrected chi connectivity index (χ0v) is 6.84. The highest BCUT2D eigenvalue weighted by molar-refractivity contribution is 5.85. The van der Waals surface area contributed by atoms with Gasteiger partial charge in [0.05, 0.1) is 6.61 Å². The number of hydrogen-bond acceptors (Lipinski definition) is 3. The molecule has 0 aromatic carbocycles. The number of carboxylic acids is 1. The van der Waals surface area contributed by atoms with Gasteiger partial charge in [-0.15, -0.1) is 0 Å². The third-order valence-electron chi connectivity index (χ3n) is 1.42. The predicted molar refractivity (Wildman–Crippen MR) is 47.3 cm³/mol. The van der Waals surface area contributed by atoms with Gasteiger partial charge in [-0.2, -0.15) is 0 Å². The van der Waals surface area contributed by atoms with Crippen LogP contribution in [-0.2, 0) is 0 Å². The van der Waals surface area contributed by atoms with Gasteiger partial charge in [0.1, 0.15) is 5.69 Å². The molecule has 4 heteroatoms. The Morgan fingerprint density at radius 1 is 1.54 bits per heavy atom. The summed E-state index contributed by atoms with van der Waals surface area (Å²) in [5.41, 5.74) is 0.778. The lowest BCUT2D eigenvalue weighted by Crippen LogP contribution is -1.98. The Morgan fingerprint density at radius 2 is 2.31 bits per heavy atom. The lowest BCUT2D eigenvalue weighted by atomic mass is 10.2. The second kappa shape index (κ2) is 4.37. The van der Waals surface area contributed by atoms with Crippen molar-refractivity contribution in [3.63, 3.8) is 0 Å². The first kappa shape index (κ1) is 9.41. The monoisotopic (exact) mass is 179 g/mol. The summed E-state index contributed by atoms with van der Waals surface area (Å²) in [7, 11) is 0. The zero-order valence-electron chi connectivity index (χ0n) is 6.84. The Morgan fingerprint density at radius 3 is 2.77 bits per heavy atom. The Bertz CT molecular complexity index is 316. The van der Waals surface area contributed by atoms with Crippen LogP contribution in [0.1, 0.15) is 16.1 Å². The third-order valence-corrected chi connectivity index (χ3v) is 1.42. The zero-order chi connectivity index (χ0) is 9.68. The van der Waals surface area contributed by atoms with E-state index < -0.39 is 5.97 Å². The molecule has 0 aliphatic carbocycles. The molecule has 0 radical (unpaired) electrons. The van der Waals surface area contributed by atoms with Gasteiger partial charge in [-0.05, 0) is 11.6 Å². The van der Waals surface area contributed by atoms with E-state index >= 15 is 0 Å². The van der Waals surface area contributed by atoms with Crippen LogP contribution in [0.15, 0.2) is 24.4 Å². The molecule has 1 aromatic rings. The molecule has 4 nitrogen and oxygen atoms in total. The number of aromatic carboxylic acids is 1. The predicted octanol–water partition coefficient (Wildman–Crippen LogP) is 0.785. The van der Waals surface area contributed by atoms with Crippen LogP contribution in [0.4, 0.5) is 0 Å². The van der Waals surface area contributed by atoms with E-state index in [2.05, 4.69) is 4.98 Å². The fraction of sp³-hybridized carbons (Fsp3) is 0.111. The van der Waals surface area contributed by atoms with E-state index in [4.69, 9.17) is 10.2 Å². The topological polar surface area (TPSA) is 70.4 Å². The van der Waals surface area contributed by atoms with Crippen molar-refractivity contribution in [1.29, 1.82) is 0 Å². The van der Waals surface area contributed by atoms with Crippen LogP contribution < -0.4 is 0 Å². The molecule has 0 saturated carbocycles. The molecule has 1 rings (SSSR count). The Balaban J connectivity index is 2.81. The highest BCUT2D eigenvalue weighted by Crippen LogP contribution is 2.02. The van der Waals surface area contributed by atoms with Crippen LogP contribution >= 0.6 is 0 Å². The normalized spacial score (nSPS) is 10.5. The smallest absolute Gasteiger partial charge is 0.354 e. The number of rotatable bonds is 3. The van der Waals surface area contributed by atoms with Crippen molar-refractivity contribution in [2.75, 3.05) is 6.61 Å². The number of aliphatic hydroxyl groups excluding tert-OH is 1. The van der Waals surface area contributed by atoms with Gasteiger partial charge in [0.15, 0.2) is 0 Å². The molecule has 13 heavy (non-hydrogen) atoms. The standard InChI is InChI=1S/C9H9NO3/c11-5-1-2-7-3-4-8(9(12)13)10-6-7/h1-4,6,11H,5H2,(H,12,13). The number of carbonyl (C=O) groups is 1. The molecule has 0 unspecified atom stereocenters. The molecular weight excluding hydrogens is 170 g/mol. The molecule has 68 valence electrons. The van der Waals surface area contributed by atoms with Crippen molar-refractivity contribution in [3.05, 3.63) is 35.7 Å². The number of hydrogen-bond donors (Lipinski definition) is 2. The summed E-state index contributed by atoms with van der Waals surface area (Å²) in [6, 6.07) is 3.04. The molecule has 0 aliphatic rings. The SMILES string of the molecule is O=C(O)c1ccc(C=CCO)cn1. The molecule has 0 aliphatic heterocycles. The van der Waals surface area contributed by atoms with E-state index in [1.807, 2.05) is 0 Å². The molecule has 1 heterocycles. The highest BCUT2D eigenvalue weighted by Gasteiger charge is 2.01. The average molecular weight is 179 g/mol. The fourth-order valence-electron chi connectivity index (χ4n) is 0.819. The van der Waals surface area contributed by atoms with Crippen LogP contribution in [0.2, 0.25) is 0 Å². The number of aromatic nitrogens is 1. The number of nitrogens with zero attached hydrogens (tertiary/aromatic N) is 1. The Hall–Kier alpha value is -1.68. The lowest BCUT2D eigenvalue weighted by Gasteiger charge is -1.94. The van der Waals surface area contributed by atoms with Gasteiger partial charge in [-0.3, -0.25) is 0 Å². The second-order valence-electron chi connectivity index (χ2n) is 2.37. The van der Waals surface area contributed by atoms with Gasteiger partial charge in [0.25, 0.3) is 0 Å². The first-order chi connectivity index (χ1) is 6.24. The van der Waals surface area contributed by atoms with Crippen LogP contribution in [0, 0.1) is 0 Å². The average Bonchev–Trinajstić information content (AvgIpc) is 2.15. The highest BCUT2D eigenvalue weighted by atomic mass is 16.4. The first-order valence-corrected chi connectivity index (χ1v) is 3.71. The largest absolute Gasteiger partial charge is 0.477 e. The molecule has 0 fully saturated rings. The van der Waals surface area contributed by atoms with E-state index in [-0.39, 0.29) is 12.3 Å². The van der Waals surface area contributed by atoms with Gasteiger partial charge < -0.3 is 10.2 Å². The van der Waals surface area contributed by atoms with Crippen LogP contribution in [0.5, 0.6) is 0 Å². The molecule has 0 spiro atoms. The van der Waals surface area contributed by atoms with Crippen LogP contribution in [0.25, 0.3) is 6.08 Å². The second-order valence-corrected chi connectivity index (χ2v) is 2.37. The summed E-state index contributed by atoms with van der Waals surface area (Å²) < 4.78 is 0. The van der Waals surface area contributed by atoms with Crippen molar-refractivity contribution >= 4 is 12.0 Å². The van der Waals surface area contributed by atoms with Crippen molar-refractivity contribution < 1.29 is 15.0 Å². The van der Waals surface area contributed by atoms with Crippen molar-refractivity contribution in [3.8, 4) is 0 Å².